The molecule has 5 N–H and O–H groups in total. The summed E-state index contributed by atoms with van der Waals surface area (Å²) in [6, 6.07) is 28.1. The van der Waals surface area contributed by atoms with Crippen LogP contribution >= 0.6 is 0 Å². The average molecular weight is 725 g/mol. The number of phenolic OH excluding ortho intramolecular Hbond substituents is 4. The first-order valence-electron chi connectivity index (χ1n) is 18.3. The van der Waals surface area contributed by atoms with Crippen LogP contribution in [-0.4, -0.2) is 40.4 Å². The van der Waals surface area contributed by atoms with Crippen LogP contribution in [0.5, 0.6) is 23.0 Å². The number of aromatic amines is 1. The zero-order valence-corrected chi connectivity index (χ0v) is 31.4. The molecule has 55 heavy (non-hydrogen) atoms. The molecule has 9 rings (SSSR count). The topological polar surface area (TPSA) is 135 Å². The lowest BCUT2D eigenvalue weighted by Gasteiger charge is -2.20. The maximum absolute atomic E-state index is 12.1. The van der Waals surface area contributed by atoms with Gasteiger partial charge >= 0.3 is 0 Å². The predicted molar refractivity (Wildman–Crippen MR) is 224 cm³/mol. The number of pyridine rings is 2. The minimum Gasteiger partial charge on any atom is -0.508 e. The zero-order chi connectivity index (χ0) is 38.6. The molecule has 0 fully saturated rings. The molecule has 1 aliphatic rings. The van der Waals surface area contributed by atoms with Gasteiger partial charge in [-0.15, -0.1) is 0 Å². The Balaban J connectivity index is 1.55. The number of phenols is 4. The summed E-state index contributed by atoms with van der Waals surface area (Å²) in [5.74, 6) is -0.0923. The summed E-state index contributed by atoms with van der Waals surface area (Å²) < 4.78 is 0. The highest BCUT2D eigenvalue weighted by atomic mass is 16.3. The van der Waals surface area contributed by atoms with Crippen molar-refractivity contribution in [2.75, 3.05) is 0 Å². The lowest BCUT2D eigenvalue weighted by Crippen LogP contribution is -2.10. The Labute approximate surface area is 317 Å². The van der Waals surface area contributed by atoms with Gasteiger partial charge < -0.3 is 25.4 Å². The Morgan fingerprint density at radius 3 is 1.51 bits per heavy atom. The van der Waals surface area contributed by atoms with Crippen LogP contribution in [0.25, 0.3) is 88.7 Å². The predicted octanol–water partition coefficient (Wildman–Crippen LogP) is 11.4. The van der Waals surface area contributed by atoms with E-state index in [9.17, 15) is 20.4 Å². The molecule has 0 amide bonds. The standard InChI is InChI=1S/C47H40N4O4/c1-46(2,3)27-19-31-35-13-15-39(48-35)41(26-17-29(52)23-30(53)18-26)40-16-14-36(49-40)32-20-28(47(4,5)6)22-34(45(32)55)38-12-10-25-8-7-24-9-11-37(33(21-27)44(31)54)50-42(24)43(25)51-38/h7-23,48,52-55H,1-6H3. The first-order chi connectivity index (χ1) is 26.1. The van der Waals surface area contributed by atoms with Crippen molar-refractivity contribution in [3.8, 4) is 34.1 Å². The molecule has 0 saturated carbocycles. The van der Waals surface area contributed by atoms with Gasteiger partial charge in [0.05, 0.1) is 33.5 Å². The summed E-state index contributed by atoms with van der Waals surface area (Å²) in [6.07, 6.45) is 3.73. The lowest BCUT2D eigenvalue weighted by molar-refractivity contribution is 0.451. The zero-order valence-electron chi connectivity index (χ0n) is 31.4. The van der Waals surface area contributed by atoms with Gasteiger partial charge in [0.15, 0.2) is 0 Å². The average Bonchev–Trinajstić information content (AvgIpc) is 3.81. The number of aromatic hydroxyl groups is 4. The molecule has 0 aliphatic carbocycles. The summed E-state index contributed by atoms with van der Waals surface area (Å²) in [4.78, 5) is 19.0. The van der Waals surface area contributed by atoms with Crippen molar-refractivity contribution < 1.29 is 20.4 Å². The van der Waals surface area contributed by atoms with Crippen LogP contribution in [0.1, 0.15) is 64.1 Å². The third kappa shape index (κ3) is 5.73. The van der Waals surface area contributed by atoms with Crippen molar-refractivity contribution in [2.45, 2.75) is 52.4 Å². The fourth-order valence-electron chi connectivity index (χ4n) is 7.52. The molecule has 12 bridgehead atoms. The molecule has 0 atom stereocenters. The van der Waals surface area contributed by atoms with Gasteiger partial charge in [0, 0.05) is 55.0 Å². The Bertz CT molecular complexity index is 3090. The van der Waals surface area contributed by atoms with Crippen molar-refractivity contribution in [3.63, 3.8) is 0 Å². The molecular weight excluding hydrogens is 685 g/mol. The normalized spacial score (nSPS) is 12.8. The molecule has 5 heterocycles. The van der Waals surface area contributed by atoms with Crippen molar-refractivity contribution in [1.29, 1.82) is 0 Å². The summed E-state index contributed by atoms with van der Waals surface area (Å²) in [6.45, 7) is 12.8. The molecule has 4 aromatic heterocycles. The second-order valence-electron chi connectivity index (χ2n) is 16.6. The number of nitrogens with one attached hydrogen (secondary N) is 1. The molecule has 0 saturated heterocycles. The van der Waals surface area contributed by atoms with E-state index in [1.807, 2.05) is 84.9 Å². The number of benzene rings is 4. The van der Waals surface area contributed by atoms with Gasteiger partial charge in [0.25, 0.3) is 0 Å². The van der Waals surface area contributed by atoms with Crippen LogP contribution in [-0.2, 0) is 10.8 Å². The number of nitrogens with zero attached hydrogens (tertiary/aromatic N) is 3. The van der Waals surface area contributed by atoms with Gasteiger partial charge in [-0.1, -0.05) is 65.8 Å². The fourth-order valence-corrected chi connectivity index (χ4v) is 7.52. The second kappa shape index (κ2) is 11.9. The third-order valence-electron chi connectivity index (χ3n) is 10.6. The Kier molecular flexibility index (Phi) is 7.39. The number of hydrogen-bond acceptors (Lipinski definition) is 7. The van der Waals surface area contributed by atoms with Gasteiger partial charge in [-0.25, -0.2) is 15.0 Å². The highest BCUT2D eigenvalue weighted by molar-refractivity contribution is 6.08. The fraction of sp³-hybridized carbons (Fsp3) is 0.170. The molecule has 8 nitrogen and oxygen atoms in total. The van der Waals surface area contributed by atoms with E-state index in [2.05, 4.69) is 46.5 Å². The first-order valence-corrected chi connectivity index (χ1v) is 18.3. The van der Waals surface area contributed by atoms with E-state index in [0.29, 0.717) is 77.2 Å². The first kappa shape index (κ1) is 34.1. The second-order valence-corrected chi connectivity index (χ2v) is 16.6. The van der Waals surface area contributed by atoms with Crippen molar-refractivity contribution >= 4 is 77.6 Å². The summed E-state index contributed by atoms with van der Waals surface area (Å²) in [5.41, 5.74) is 7.52. The van der Waals surface area contributed by atoms with E-state index in [0.717, 1.165) is 21.9 Å². The van der Waals surface area contributed by atoms with Crippen LogP contribution in [0.4, 0.5) is 0 Å². The van der Waals surface area contributed by atoms with Gasteiger partial charge in [-0.2, -0.15) is 0 Å². The van der Waals surface area contributed by atoms with Crippen LogP contribution in [0, 0.1) is 0 Å². The van der Waals surface area contributed by atoms with Crippen LogP contribution in [0.2, 0.25) is 0 Å². The minimum absolute atomic E-state index is 0.0469. The van der Waals surface area contributed by atoms with Crippen LogP contribution in [0.15, 0.2) is 91.0 Å². The minimum atomic E-state index is -0.277. The number of hydrogen-bond donors (Lipinski definition) is 5. The number of rotatable bonds is 1. The molecule has 0 radical (unpaired) electrons. The molecule has 1 aliphatic heterocycles. The van der Waals surface area contributed by atoms with Crippen molar-refractivity contribution in [2.24, 2.45) is 0 Å². The van der Waals surface area contributed by atoms with E-state index < -0.39 is 0 Å². The van der Waals surface area contributed by atoms with Crippen LogP contribution < -0.4 is 0 Å². The van der Waals surface area contributed by atoms with Gasteiger partial charge in [0.2, 0.25) is 0 Å². The molecular formula is C47H40N4O4. The highest BCUT2D eigenvalue weighted by Gasteiger charge is 2.21. The molecule has 0 unspecified atom stereocenters. The summed E-state index contributed by atoms with van der Waals surface area (Å²) in [5, 5.41) is 49.6. The van der Waals surface area contributed by atoms with Crippen LogP contribution in [0.3, 0.4) is 0 Å². The van der Waals surface area contributed by atoms with E-state index in [1.54, 1.807) is 12.1 Å². The quantitative estimate of drug-likeness (QED) is 0.106. The molecule has 4 aromatic carbocycles. The van der Waals surface area contributed by atoms with Gasteiger partial charge in [0.1, 0.15) is 23.0 Å². The maximum atomic E-state index is 12.1. The molecule has 0 spiro atoms. The Hall–Kier alpha value is -6.67. The molecule has 272 valence electrons. The Morgan fingerprint density at radius 2 is 0.945 bits per heavy atom. The van der Waals surface area contributed by atoms with E-state index in [1.165, 1.54) is 6.07 Å². The number of aromatic nitrogens is 4. The third-order valence-corrected chi connectivity index (χ3v) is 10.6. The highest BCUT2D eigenvalue weighted by Crippen LogP contribution is 2.41. The summed E-state index contributed by atoms with van der Waals surface area (Å²) in [7, 11) is 0. The van der Waals surface area contributed by atoms with Gasteiger partial charge in [-0.3, -0.25) is 0 Å². The number of fused-ring (bicyclic) bond motifs is 14. The summed E-state index contributed by atoms with van der Waals surface area (Å²) >= 11 is 0. The largest absolute Gasteiger partial charge is 0.508 e. The maximum Gasteiger partial charge on any atom is 0.134 e. The monoisotopic (exact) mass is 724 g/mol. The van der Waals surface area contributed by atoms with E-state index in [-0.39, 0.29) is 33.8 Å². The molecule has 8 aromatic rings. The van der Waals surface area contributed by atoms with E-state index >= 15 is 0 Å². The molecule has 8 heteroatoms. The van der Waals surface area contributed by atoms with Crippen molar-refractivity contribution in [3.05, 3.63) is 114 Å². The smallest absolute Gasteiger partial charge is 0.134 e. The van der Waals surface area contributed by atoms with Gasteiger partial charge in [-0.05, 0) is 100 Å². The van der Waals surface area contributed by atoms with E-state index in [4.69, 9.17) is 15.0 Å². The van der Waals surface area contributed by atoms with Crippen molar-refractivity contribution in [1.82, 2.24) is 19.9 Å². The lowest BCUT2D eigenvalue weighted by atomic mass is 9.85. The Morgan fingerprint density at radius 1 is 0.473 bits per heavy atom. The number of H-pyrrole nitrogens is 1. The SMILES string of the molecule is CC(C)(C)c1cc2c3nc(c(-c4cc(O)cc(O)c4)c4ccc([nH]4)c4cc(C(C)(C)C)cc(c4O)c4ccc5ccc6ccc(nc6c5n4)c(c1)c2O)C=C3.